The lowest BCUT2D eigenvalue weighted by molar-refractivity contribution is 0.0978. The van der Waals surface area contributed by atoms with Crippen LogP contribution in [-0.4, -0.2) is 24.3 Å². The van der Waals surface area contributed by atoms with E-state index in [0.717, 1.165) is 48.1 Å². The number of aromatic nitrogens is 2. The SMILES string of the molecule is CCCCCc1ccc(C(=O)NS(=O)(=O)c2cccc(N)n2)c(Oc2c(C)cc(C)cc2C)n1. The van der Waals surface area contributed by atoms with Crippen LogP contribution in [-0.2, 0) is 16.4 Å². The van der Waals surface area contributed by atoms with E-state index in [2.05, 4.69) is 16.9 Å². The van der Waals surface area contributed by atoms with E-state index in [0.29, 0.717) is 5.75 Å². The molecule has 3 N–H and O–H groups in total. The van der Waals surface area contributed by atoms with Gasteiger partial charge in [-0.3, -0.25) is 4.79 Å². The summed E-state index contributed by atoms with van der Waals surface area (Å²) in [5.74, 6) is -0.201. The van der Waals surface area contributed by atoms with E-state index in [-0.39, 0.29) is 22.3 Å². The lowest BCUT2D eigenvalue weighted by Gasteiger charge is -2.16. The summed E-state index contributed by atoms with van der Waals surface area (Å²) in [5, 5.41) is -0.349. The number of pyridine rings is 2. The fraction of sp³-hybridized carbons (Fsp3) is 0.320. The highest BCUT2D eigenvalue weighted by Crippen LogP contribution is 2.31. The number of rotatable bonds is 9. The third-order valence-corrected chi connectivity index (χ3v) is 6.48. The molecule has 0 saturated carbocycles. The highest BCUT2D eigenvalue weighted by Gasteiger charge is 2.24. The van der Waals surface area contributed by atoms with Crippen molar-refractivity contribution in [1.29, 1.82) is 0 Å². The number of ether oxygens (including phenoxy) is 1. The van der Waals surface area contributed by atoms with Crippen molar-refractivity contribution in [2.75, 3.05) is 5.73 Å². The first kappa shape index (κ1) is 25.2. The van der Waals surface area contributed by atoms with E-state index in [1.54, 1.807) is 12.1 Å². The maximum Gasteiger partial charge on any atom is 0.281 e. The normalized spacial score (nSPS) is 11.3. The van der Waals surface area contributed by atoms with Gasteiger partial charge >= 0.3 is 0 Å². The Labute approximate surface area is 200 Å². The molecule has 1 aromatic carbocycles. The number of carbonyl (C=O) groups excluding carboxylic acids is 1. The Morgan fingerprint density at radius 3 is 2.38 bits per heavy atom. The van der Waals surface area contributed by atoms with E-state index >= 15 is 0 Å². The first-order valence-electron chi connectivity index (χ1n) is 11.2. The molecule has 34 heavy (non-hydrogen) atoms. The third kappa shape index (κ3) is 6.11. The highest BCUT2D eigenvalue weighted by molar-refractivity contribution is 7.90. The summed E-state index contributed by atoms with van der Waals surface area (Å²) in [6.45, 7) is 7.94. The van der Waals surface area contributed by atoms with E-state index in [9.17, 15) is 13.2 Å². The fourth-order valence-corrected chi connectivity index (χ4v) is 4.60. The van der Waals surface area contributed by atoms with Gasteiger partial charge in [0.1, 0.15) is 17.1 Å². The average molecular weight is 483 g/mol. The summed E-state index contributed by atoms with van der Waals surface area (Å²) < 4.78 is 33.6. The number of hydrogen-bond acceptors (Lipinski definition) is 7. The summed E-state index contributed by atoms with van der Waals surface area (Å²) in [4.78, 5) is 21.4. The topological polar surface area (TPSA) is 124 Å². The van der Waals surface area contributed by atoms with Gasteiger partial charge in [0, 0.05) is 5.69 Å². The minimum absolute atomic E-state index is 0.00564. The molecule has 3 rings (SSSR count). The maximum absolute atomic E-state index is 13.1. The van der Waals surface area contributed by atoms with Crippen molar-refractivity contribution < 1.29 is 17.9 Å². The fourth-order valence-electron chi connectivity index (χ4n) is 3.66. The molecule has 0 fully saturated rings. The van der Waals surface area contributed by atoms with Crippen LogP contribution in [0, 0.1) is 20.8 Å². The number of sulfonamides is 1. The summed E-state index contributed by atoms with van der Waals surface area (Å²) in [5.41, 5.74) is 9.23. The predicted octanol–water partition coefficient (Wildman–Crippen LogP) is 4.63. The highest BCUT2D eigenvalue weighted by atomic mass is 32.2. The molecule has 2 heterocycles. The Morgan fingerprint density at radius 1 is 1.03 bits per heavy atom. The van der Waals surface area contributed by atoms with Gasteiger partial charge in [-0.1, -0.05) is 43.5 Å². The van der Waals surface area contributed by atoms with Crippen LogP contribution in [0.1, 0.15) is 58.9 Å². The number of unbranched alkanes of at least 4 members (excludes halogenated alkanes) is 2. The molecule has 0 saturated heterocycles. The number of carbonyl (C=O) groups is 1. The van der Waals surface area contributed by atoms with Crippen molar-refractivity contribution in [3.63, 3.8) is 0 Å². The number of nitrogens with two attached hydrogens (primary N) is 1. The molecule has 0 atom stereocenters. The standard InChI is InChI=1S/C25H30N4O4S/c1-5-6-7-9-19-12-13-20(24(30)29-34(31,32)22-11-8-10-21(26)28-22)25(27-19)33-23-17(3)14-16(2)15-18(23)4/h8,10-15H,5-7,9H2,1-4H3,(H2,26,28)(H,29,30). The smallest absolute Gasteiger partial charge is 0.281 e. The molecular formula is C25H30N4O4S. The zero-order chi connectivity index (χ0) is 24.9. The van der Waals surface area contributed by atoms with Crippen molar-refractivity contribution in [2.45, 2.75) is 58.4 Å². The van der Waals surface area contributed by atoms with Gasteiger partial charge in [0.25, 0.3) is 15.9 Å². The van der Waals surface area contributed by atoms with E-state index in [1.807, 2.05) is 37.6 Å². The third-order valence-electron chi connectivity index (χ3n) is 5.25. The van der Waals surface area contributed by atoms with Crippen molar-refractivity contribution in [1.82, 2.24) is 14.7 Å². The zero-order valence-electron chi connectivity index (χ0n) is 19.9. The molecule has 8 nitrogen and oxygen atoms in total. The van der Waals surface area contributed by atoms with Gasteiger partial charge in [-0.15, -0.1) is 0 Å². The number of hydrogen-bond donors (Lipinski definition) is 2. The number of anilines is 1. The molecule has 9 heteroatoms. The number of nitrogens with zero attached hydrogens (tertiary/aromatic N) is 2. The first-order valence-corrected chi connectivity index (χ1v) is 12.6. The van der Waals surface area contributed by atoms with Crippen LogP contribution in [0.15, 0.2) is 47.5 Å². The average Bonchev–Trinajstić information content (AvgIpc) is 2.76. The molecule has 3 aromatic rings. The van der Waals surface area contributed by atoms with Crippen LogP contribution in [0.4, 0.5) is 5.82 Å². The van der Waals surface area contributed by atoms with Gasteiger partial charge in [-0.05, 0) is 69.0 Å². The minimum Gasteiger partial charge on any atom is -0.438 e. The first-order chi connectivity index (χ1) is 16.1. The Bertz CT molecular complexity index is 1280. The molecule has 0 bridgehead atoms. The van der Waals surface area contributed by atoms with Crippen molar-refractivity contribution in [3.05, 3.63) is 70.4 Å². The lowest BCUT2D eigenvalue weighted by Crippen LogP contribution is -2.31. The van der Waals surface area contributed by atoms with Gasteiger partial charge in [0.05, 0.1) is 0 Å². The Hall–Kier alpha value is -3.46. The van der Waals surface area contributed by atoms with Gasteiger partial charge in [-0.2, -0.15) is 8.42 Å². The monoisotopic (exact) mass is 482 g/mol. The van der Waals surface area contributed by atoms with Crippen LogP contribution in [0.2, 0.25) is 0 Å². The zero-order valence-corrected chi connectivity index (χ0v) is 20.7. The number of amides is 1. The molecule has 0 radical (unpaired) electrons. The molecular weight excluding hydrogens is 452 g/mol. The molecule has 1 amide bonds. The van der Waals surface area contributed by atoms with Crippen LogP contribution in [0.25, 0.3) is 0 Å². The van der Waals surface area contributed by atoms with Crippen LogP contribution in [0.5, 0.6) is 11.6 Å². The Balaban J connectivity index is 1.98. The summed E-state index contributed by atoms with van der Waals surface area (Å²) >= 11 is 0. The molecule has 2 aromatic heterocycles. The van der Waals surface area contributed by atoms with Crippen LogP contribution < -0.4 is 15.2 Å². The second-order valence-corrected chi connectivity index (χ2v) is 9.91. The Morgan fingerprint density at radius 2 is 1.74 bits per heavy atom. The van der Waals surface area contributed by atoms with Gasteiger partial charge in [-0.25, -0.2) is 14.7 Å². The summed E-state index contributed by atoms with van der Waals surface area (Å²) in [6.07, 6.45) is 3.80. The van der Waals surface area contributed by atoms with E-state index in [4.69, 9.17) is 10.5 Å². The lowest BCUT2D eigenvalue weighted by atomic mass is 10.1. The minimum atomic E-state index is -4.24. The summed E-state index contributed by atoms with van der Waals surface area (Å²) in [6, 6.07) is 11.4. The van der Waals surface area contributed by atoms with Gasteiger partial charge in [0.2, 0.25) is 5.88 Å². The van der Waals surface area contributed by atoms with Crippen molar-refractivity contribution >= 4 is 21.7 Å². The molecule has 0 unspecified atom stereocenters. The van der Waals surface area contributed by atoms with Crippen molar-refractivity contribution in [3.8, 4) is 11.6 Å². The van der Waals surface area contributed by atoms with Crippen LogP contribution in [0.3, 0.4) is 0 Å². The van der Waals surface area contributed by atoms with Gasteiger partial charge in [0.15, 0.2) is 5.03 Å². The second-order valence-electron chi connectivity index (χ2n) is 8.28. The molecule has 0 spiro atoms. The number of nitrogens with one attached hydrogen (secondary N) is 1. The maximum atomic E-state index is 13.1. The molecule has 0 aliphatic rings. The van der Waals surface area contributed by atoms with E-state index in [1.165, 1.54) is 18.2 Å². The van der Waals surface area contributed by atoms with E-state index < -0.39 is 15.9 Å². The number of benzene rings is 1. The molecule has 0 aliphatic heterocycles. The predicted molar refractivity (Wildman–Crippen MR) is 131 cm³/mol. The van der Waals surface area contributed by atoms with Crippen molar-refractivity contribution in [2.24, 2.45) is 0 Å². The Kier molecular flexibility index (Phi) is 7.88. The largest absolute Gasteiger partial charge is 0.438 e. The number of nitrogen functional groups attached to an aromatic ring is 1. The second kappa shape index (κ2) is 10.6. The molecule has 0 aliphatic carbocycles. The quantitative estimate of drug-likeness (QED) is 0.426. The number of aryl methyl sites for hydroxylation is 4. The van der Waals surface area contributed by atoms with Crippen LogP contribution >= 0.6 is 0 Å². The summed E-state index contributed by atoms with van der Waals surface area (Å²) in [7, 11) is -4.24. The molecule has 180 valence electrons. The van der Waals surface area contributed by atoms with Gasteiger partial charge < -0.3 is 10.5 Å².